The van der Waals surface area contributed by atoms with Crippen LogP contribution in [0.4, 0.5) is 4.39 Å². The second-order valence-electron chi connectivity index (χ2n) is 4.37. The van der Waals surface area contributed by atoms with Crippen LogP contribution in [0.3, 0.4) is 0 Å². The first-order valence-electron chi connectivity index (χ1n) is 5.88. The van der Waals surface area contributed by atoms with E-state index in [-0.39, 0.29) is 5.82 Å². The molecule has 100 valence electrons. The number of hydrogen-bond acceptors (Lipinski definition) is 2. The molecule has 0 amide bonds. The summed E-state index contributed by atoms with van der Waals surface area (Å²) < 4.78 is 19.6. The van der Waals surface area contributed by atoms with Crippen LogP contribution in [-0.4, -0.2) is 7.11 Å². The fourth-order valence-electron chi connectivity index (χ4n) is 1.93. The summed E-state index contributed by atoms with van der Waals surface area (Å²) in [4.78, 5) is 0. The standard InChI is InChI=1S/C15H15BrFNO/c1-9-3-4-10(7-13(9)16)15(18)12-8-11(17)5-6-14(12)19-2/h3-8,15H,18H2,1-2H3. The van der Waals surface area contributed by atoms with Crippen LogP contribution in [-0.2, 0) is 0 Å². The molecule has 2 aromatic rings. The van der Waals surface area contributed by atoms with Gasteiger partial charge in [-0.2, -0.15) is 0 Å². The van der Waals surface area contributed by atoms with Crippen molar-refractivity contribution in [1.29, 1.82) is 0 Å². The lowest BCUT2D eigenvalue weighted by Crippen LogP contribution is -2.13. The summed E-state index contributed by atoms with van der Waals surface area (Å²) in [6.45, 7) is 2.00. The van der Waals surface area contributed by atoms with Crippen LogP contribution < -0.4 is 10.5 Å². The highest BCUT2D eigenvalue weighted by atomic mass is 79.9. The van der Waals surface area contributed by atoms with E-state index < -0.39 is 6.04 Å². The number of hydrogen-bond donors (Lipinski definition) is 1. The molecule has 0 spiro atoms. The van der Waals surface area contributed by atoms with Crippen LogP contribution in [0.2, 0.25) is 0 Å². The first-order chi connectivity index (χ1) is 9.02. The predicted molar refractivity (Wildman–Crippen MR) is 77.9 cm³/mol. The summed E-state index contributed by atoms with van der Waals surface area (Å²) in [6.07, 6.45) is 0. The van der Waals surface area contributed by atoms with Gasteiger partial charge >= 0.3 is 0 Å². The highest BCUT2D eigenvalue weighted by molar-refractivity contribution is 9.10. The molecule has 0 fully saturated rings. The zero-order chi connectivity index (χ0) is 14.0. The van der Waals surface area contributed by atoms with E-state index >= 15 is 0 Å². The van der Waals surface area contributed by atoms with Crippen molar-refractivity contribution in [1.82, 2.24) is 0 Å². The van der Waals surface area contributed by atoms with Gasteiger partial charge in [0, 0.05) is 10.0 Å². The Labute approximate surface area is 120 Å². The molecule has 19 heavy (non-hydrogen) atoms. The number of halogens is 2. The highest BCUT2D eigenvalue weighted by Crippen LogP contribution is 2.30. The van der Waals surface area contributed by atoms with Gasteiger partial charge < -0.3 is 10.5 Å². The molecule has 0 radical (unpaired) electrons. The van der Waals surface area contributed by atoms with Gasteiger partial charge in [-0.05, 0) is 42.3 Å². The van der Waals surface area contributed by atoms with E-state index in [0.29, 0.717) is 11.3 Å². The Morgan fingerprint density at radius 3 is 2.58 bits per heavy atom. The summed E-state index contributed by atoms with van der Waals surface area (Å²) in [7, 11) is 1.55. The second-order valence-corrected chi connectivity index (χ2v) is 5.23. The molecule has 0 bridgehead atoms. The van der Waals surface area contributed by atoms with E-state index in [1.807, 2.05) is 25.1 Å². The third-order valence-corrected chi connectivity index (χ3v) is 3.94. The van der Waals surface area contributed by atoms with Gasteiger partial charge in [0.1, 0.15) is 11.6 Å². The molecule has 4 heteroatoms. The SMILES string of the molecule is COc1ccc(F)cc1C(N)c1ccc(C)c(Br)c1. The third-order valence-electron chi connectivity index (χ3n) is 3.08. The van der Waals surface area contributed by atoms with Crippen LogP contribution in [0.5, 0.6) is 5.75 Å². The van der Waals surface area contributed by atoms with Gasteiger partial charge in [0.25, 0.3) is 0 Å². The van der Waals surface area contributed by atoms with Crippen LogP contribution in [0, 0.1) is 12.7 Å². The van der Waals surface area contributed by atoms with E-state index in [0.717, 1.165) is 15.6 Å². The number of aryl methyl sites for hydroxylation is 1. The zero-order valence-corrected chi connectivity index (χ0v) is 12.4. The van der Waals surface area contributed by atoms with Crippen molar-refractivity contribution >= 4 is 15.9 Å². The van der Waals surface area contributed by atoms with Crippen molar-refractivity contribution in [2.75, 3.05) is 7.11 Å². The van der Waals surface area contributed by atoms with Gasteiger partial charge in [-0.3, -0.25) is 0 Å². The van der Waals surface area contributed by atoms with Crippen molar-refractivity contribution in [3.8, 4) is 5.75 Å². The molecule has 2 N–H and O–H groups in total. The lowest BCUT2D eigenvalue weighted by molar-refractivity contribution is 0.406. The summed E-state index contributed by atoms with van der Waals surface area (Å²) >= 11 is 3.48. The van der Waals surface area contributed by atoms with Crippen LogP contribution >= 0.6 is 15.9 Å². The van der Waals surface area contributed by atoms with Gasteiger partial charge in [-0.25, -0.2) is 4.39 Å². The van der Waals surface area contributed by atoms with Crippen molar-refractivity contribution < 1.29 is 9.13 Å². The Balaban J connectivity index is 2.45. The normalized spacial score (nSPS) is 12.3. The minimum absolute atomic E-state index is 0.322. The fourth-order valence-corrected chi connectivity index (χ4v) is 2.33. The number of nitrogens with two attached hydrogens (primary N) is 1. The average molecular weight is 324 g/mol. The maximum absolute atomic E-state index is 13.4. The van der Waals surface area contributed by atoms with Gasteiger partial charge in [0.2, 0.25) is 0 Å². The molecule has 0 aliphatic rings. The van der Waals surface area contributed by atoms with E-state index in [1.165, 1.54) is 12.1 Å². The lowest BCUT2D eigenvalue weighted by atomic mass is 9.98. The number of methoxy groups -OCH3 is 1. The molecular formula is C15H15BrFNO. The molecule has 0 aliphatic carbocycles. The van der Waals surface area contributed by atoms with Crippen molar-refractivity contribution in [3.05, 3.63) is 63.4 Å². The number of ether oxygens (including phenoxy) is 1. The Kier molecular flexibility index (Phi) is 4.22. The van der Waals surface area contributed by atoms with Crippen LogP contribution in [0.1, 0.15) is 22.7 Å². The van der Waals surface area contributed by atoms with E-state index in [9.17, 15) is 4.39 Å². The topological polar surface area (TPSA) is 35.2 Å². The summed E-state index contributed by atoms with van der Waals surface area (Å²) in [5, 5.41) is 0. The minimum atomic E-state index is -0.428. The molecule has 0 aliphatic heterocycles. The fraction of sp³-hybridized carbons (Fsp3) is 0.200. The molecule has 0 aromatic heterocycles. The average Bonchev–Trinajstić information content (AvgIpc) is 2.41. The Morgan fingerprint density at radius 1 is 1.21 bits per heavy atom. The number of benzene rings is 2. The first-order valence-corrected chi connectivity index (χ1v) is 6.67. The molecule has 0 heterocycles. The van der Waals surface area contributed by atoms with E-state index in [4.69, 9.17) is 10.5 Å². The zero-order valence-electron chi connectivity index (χ0n) is 10.8. The highest BCUT2D eigenvalue weighted by Gasteiger charge is 2.15. The van der Waals surface area contributed by atoms with Crippen molar-refractivity contribution in [3.63, 3.8) is 0 Å². The Hall–Kier alpha value is -1.39. The van der Waals surface area contributed by atoms with E-state index in [1.54, 1.807) is 13.2 Å². The molecule has 1 unspecified atom stereocenters. The lowest BCUT2D eigenvalue weighted by Gasteiger charge is -2.17. The van der Waals surface area contributed by atoms with Crippen molar-refractivity contribution in [2.24, 2.45) is 5.73 Å². The van der Waals surface area contributed by atoms with Gasteiger partial charge in [0.05, 0.1) is 13.2 Å². The smallest absolute Gasteiger partial charge is 0.124 e. The van der Waals surface area contributed by atoms with Crippen LogP contribution in [0.15, 0.2) is 40.9 Å². The number of rotatable bonds is 3. The summed E-state index contributed by atoms with van der Waals surface area (Å²) in [5.41, 5.74) is 8.88. The van der Waals surface area contributed by atoms with Crippen LogP contribution in [0.25, 0.3) is 0 Å². The predicted octanol–water partition coefficient (Wildman–Crippen LogP) is 3.95. The first kappa shape index (κ1) is 14.0. The Bertz CT molecular complexity index is 601. The van der Waals surface area contributed by atoms with E-state index in [2.05, 4.69) is 15.9 Å². The maximum Gasteiger partial charge on any atom is 0.124 e. The van der Waals surface area contributed by atoms with Crippen molar-refractivity contribution in [2.45, 2.75) is 13.0 Å². The van der Waals surface area contributed by atoms with Gasteiger partial charge in [0.15, 0.2) is 0 Å². The maximum atomic E-state index is 13.4. The molecule has 2 rings (SSSR count). The summed E-state index contributed by atoms with van der Waals surface area (Å²) in [6, 6.07) is 9.80. The summed E-state index contributed by atoms with van der Waals surface area (Å²) in [5.74, 6) is 0.267. The quantitative estimate of drug-likeness (QED) is 0.928. The molecule has 2 nitrogen and oxygen atoms in total. The third kappa shape index (κ3) is 2.96. The molecule has 0 saturated carbocycles. The molecule has 0 saturated heterocycles. The van der Waals surface area contributed by atoms with Gasteiger partial charge in [-0.15, -0.1) is 0 Å². The Morgan fingerprint density at radius 2 is 1.95 bits per heavy atom. The molecular weight excluding hydrogens is 309 g/mol. The second kappa shape index (κ2) is 5.72. The monoisotopic (exact) mass is 323 g/mol. The minimum Gasteiger partial charge on any atom is -0.496 e. The molecule has 1 atom stereocenters. The van der Waals surface area contributed by atoms with Gasteiger partial charge in [-0.1, -0.05) is 28.1 Å². The largest absolute Gasteiger partial charge is 0.496 e. The molecule has 2 aromatic carbocycles.